The molecule has 2 nitrogen and oxygen atoms in total. The molecule has 2 atom stereocenters. The van der Waals surface area contributed by atoms with Crippen LogP contribution in [0, 0.1) is 18.6 Å². The van der Waals surface area contributed by atoms with Crippen LogP contribution in [-0.2, 0) is 0 Å². The highest BCUT2D eigenvalue weighted by Gasteiger charge is 2.32. The molecule has 2 aromatic carbocycles. The van der Waals surface area contributed by atoms with Gasteiger partial charge in [0.1, 0.15) is 17.4 Å². The van der Waals surface area contributed by atoms with E-state index in [2.05, 4.69) is 12.2 Å². The Kier molecular flexibility index (Phi) is 3.32. The van der Waals surface area contributed by atoms with Gasteiger partial charge in [-0.05, 0) is 48.6 Å². The molecule has 1 aliphatic carbocycles. The maximum absolute atomic E-state index is 13.3. The molecule has 0 radical (unpaired) electrons. The number of rotatable bonds is 2. The van der Waals surface area contributed by atoms with E-state index in [0.717, 1.165) is 29.2 Å². The van der Waals surface area contributed by atoms with Gasteiger partial charge in [-0.1, -0.05) is 13.0 Å². The number of hydrogen-bond donors (Lipinski definition) is 2. The van der Waals surface area contributed by atoms with Crippen molar-refractivity contribution in [1.82, 2.24) is 0 Å². The molecule has 110 valence electrons. The molecule has 2 unspecified atom stereocenters. The van der Waals surface area contributed by atoms with Crippen molar-refractivity contribution >= 4 is 5.69 Å². The van der Waals surface area contributed by atoms with E-state index in [9.17, 15) is 13.9 Å². The topological polar surface area (TPSA) is 32.3 Å². The number of phenolic OH excluding ortho intramolecular Hbond substituents is 1. The quantitative estimate of drug-likeness (QED) is 0.844. The van der Waals surface area contributed by atoms with E-state index in [0.29, 0.717) is 11.6 Å². The Morgan fingerprint density at radius 2 is 1.76 bits per heavy atom. The number of anilines is 1. The zero-order valence-electron chi connectivity index (χ0n) is 12.0. The summed E-state index contributed by atoms with van der Waals surface area (Å²) in [5.41, 5.74) is 3.49. The molecule has 0 fully saturated rings. The molecule has 0 aliphatic heterocycles. The first-order chi connectivity index (χ1) is 9.95. The normalized spacial score (nSPS) is 20.4. The van der Waals surface area contributed by atoms with Gasteiger partial charge in [0.05, 0.1) is 6.04 Å². The van der Waals surface area contributed by atoms with E-state index >= 15 is 0 Å². The fourth-order valence-corrected chi connectivity index (χ4v) is 3.31. The van der Waals surface area contributed by atoms with E-state index in [1.807, 2.05) is 13.0 Å². The largest absolute Gasteiger partial charge is 0.508 e. The molecule has 2 aromatic rings. The van der Waals surface area contributed by atoms with Crippen molar-refractivity contribution in [1.29, 1.82) is 0 Å². The third kappa shape index (κ3) is 2.46. The van der Waals surface area contributed by atoms with Crippen LogP contribution in [0.4, 0.5) is 14.5 Å². The lowest BCUT2D eigenvalue weighted by molar-refractivity contribution is 0.465. The summed E-state index contributed by atoms with van der Waals surface area (Å²) in [5.74, 6) is -0.702. The van der Waals surface area contributed by atoms with Crippen molar-refractivity contribution < 1.29 is 13.9 Å². The SMILES string of the molecule is Cc1ccc(O)c2c1C(C)CC2Nc1cc(F)cc(F)c1. The van der Waals surface area contributed by atoms with Gasteiger partial charge in [0.15, 0.2) is 0 Å². The van der Waals surface area contributed by atoms with Crippen molar-refractivity contribution in [2.24, 2.45) is 0 Å². The molecule has 1 aliphatic rings. The molecule has 4 heteroatoms. The van der Waals surface area contributed by atoms with Gasteiger partial charge < -0.3 is 10.4 Å². The third-order valence-electron chi connectivity index (χ3n) is 4.12. The average Bonchev–Trinajstić information content (AvgIpc) is 2.71. The highest BCUT2D eigenvalue weighted by atomic mass is 19.1. The number of phenols is 1. The molecule has 0 spiro atoms. The Bertz CT molecular complexity index is 679. The fourth-order valence-electron chi connectivity index (χ4n) is 3.31. The van der Waals surface area contributed by atoms with Crippen LogP contribution in [0.25, 0.3) is 0 Å². The number of benzene rings is 2. The minimum Gasteiger partial charge on any atom is -0.508 e. The van der Waals surface area contributed by atoms with Crippen LogP contribution in [0.1, 0.15) is 42.0 Å². The Hall–Kier alpha value is -2.10. The molecule has 3 rings (SSSR count). The lowest BCUT2D eigenvalue weighted by Crippen LogP contribution is -2.08. The van der Waals surface area contributed by atoms with Gasteiger partial charge in [-0.3, -0.25) is 0 Å². The van der Waals surface area contributed by atoms with Gasteiger partial charge in [-0.2, -0.15) is 0 Å². The number of aromatic hydroxyl groups is 1. The lowest BCUT2D eigenvalue weighted by atomic mass is 9.97. The highest BCUT2D eigenvalue weighted by Crippen LogP contribution is 2.47. The van der Waals surface area contributed by atoms with Crippen molar-refractivity contribution in [3.8, 4) is 5.75 Å². The second-order valence-electron chi connectivity index (χ2n) is 5.72. The van der Waals surface area contributed by atoms with Crippen molar-refractivity contribution in [2.75, 3.05) is 5.32 Å². The standard InChI is InChI=1S/C17H17F2NO/c1-9-3-4-15(21)17-14(5-10(2)16(9)17)20-13-7-11(18)6-12(19)8-13/h3-4,6-8,10,14,20-21H,5H2,1-2H3. The number of hydrogen-bond acceptors (Lipinski definition) is 2. The maximum Gasteiger partial charge on any atom is 0.128 e. The van der Waals surface area contributed by atoms with Crippen LogP contribution in [-0.4, -0.2) is 5.11 Å². The highest BCUT2D eigenvalue weighted by molar-refractivity contribution is 5.55. The fraction of sp³-hybridized carbons (Fsp3) is 0.294. The van der Waals surface area contributed by atoms with Crippen LogP contribution >= 0.6 is 0 Å². The van der Waals surface area contributed by atoms with Crippen molar-refractivity contribution in [3.63, 3.8) is 0 Å². The molecular formula is C17H17F2NO. The second-order valence-corrected chi connectivity index (χ2v) is 5.72. The summed E-state index contributed by atoms with van der Waals surface area (Å²) >= 11 is 0. The smallest absolute Gasteiger partial charge is 0.128 e. The van der Waals surface area contributed by atoms with Gasteiger partial charge in [0.2, 0.25) is 0 Å². The molecule has 0 amide bonds. The minimum atomic E-state index is -0.614. The summed E-state index contributed by atoms with van der Waals surface area (Å²) in [6.45, 7) is 4.11. The summed E-state index contributed by atoms with van der Waals surface area (Å²) in [6, 6.07) is 6.80. The van der Waals surface area contributed by atoms with E-state index < -0.39 is 11.6 Å². The predicted octanol–water partition coefficient (Wildman–Crippen LogP) is 4.64. The number of halogens is 2. The minimum absolute atomic E-state index is 0.143. The van der Waals surface area contributed by atoms with Gasteiger partial charge in [-0.25, -0.2) is 8.78 Å². The molecule has 0 bridgehead atoms. The lowest BCUT2D eigenvalue weighted by Gasteiger charge is -2.17. The molecule has 0 saturated carbocycles. The van der Waals surface area contributed by atoms with Crippen molar-refractivity contribution in [2.45, 2.75) is 32.2 Å². The summed E-state index contributed by atoms with van der Waals surface area (Å²) in [5, 5.41) is 13.3. The van der Waals surface area contributed by atoms with E-state index in [-0.39, 0.29) is 11.8 Å². The summed E-state index contributed by atoms with van der Waals surface area (Å²) in [7, 11) is 0. The van der Waals surface area contributed by atoms with E-state index in [1.54, 1.807) is 6.07 Å². The van der Waals surface area contributed by atoms with Gasteiger partial charge in [-0.15, -0.1) is 0 Å². The first kappa shape index (κ1) is 13.9. The van der Waals surface area contributed by atoms with Crippen LogP contribution < -0.4 is 5.32 Å². The Balaban J connectivity index is 1.98. The first-order valence-electron chi connectivity index (χ1n) is 7.00. The zero-order chi connectivity index (χ0) is 15.1. The Morgan fingerprint density at radius 3 is 2.43 bits per heavy atom. The summed E-state index contributed by atoms with van der Waals surface area (Å²) in [6.07, 6.45) is 0.784. The monoisotopic (exact) mass is 289 g/mol. The average molecular weight is 289 g/mol. The predicted molar refractivity (Wildman–Crippen MR) is 78.6 cm³/mol. The number of nitrogens with one attached hydrogen (secondary N) is 1. The number of fused-ring (bicyclic) bond motifs is 1. The van der Waals surface area contributed by atoms with Gasteiger partial charge >= 0.3 is 0 Å². The third-order valence-corrected chi connectivity index (χ3v) is 4.12. The second kappa shape index (κ2) is 5.02. The van der Waals surface area contributed by atoms with Crippen LogP contribution in [0.15, 0.2) is 30.3 Å². The van der Waals surface area contributed by atoms with Crippen LogP contribution in [0.3, 0.4) is 0 Å². The molecule has 2 N–H and O–H groups in total. The van der Waals surface area contributed by atoms with E-state index in [4.69, 9.17) is 0 Å². The first-order valence-corrected chi connectivity index (χ1v) is 7.00. The van der Waals surface area contributed by atoms with E-state index in [1.165, 1.54) is 12.1 Å². The Labute approximate surface area is 122 Å². The summed E-state index contributed by atoms with van der Waals surface area (Å²) in [4.78, 5) is 0. The Morgan fingerprint density at radius 1 is 1.10 bits per heavy atom. The van der Waals surface area contributed by atoms with Crippen molar-refractivity contribution in [3.05, 3.63) is 58.7 Å². The number of aryl methyl sites for hydroxylation is 1. The maximum atomic E-state index is 13.3. The van der Waals surface area contributed by atoms with Gasteiger partial charge in [0.25, 0.3) is 0 Å². The molecule has 0 heterocycles. The van der Waals surface area contributed by atoms with Crippen LogP contribution in [0.2, 0.25) is 0 Å². The zero-order valence-corrected chi connectivity index (χ0v) is 12.0. The molecule has 0 aromatic heterocycles. The van der Waals surface area contributed by atoms with Gasteiger partial charge in [0, 0.05) is 17.3 Å². The molecular weight excluding hydrogens is 272 g/mol. The molecule has 0 saturated heterocycles. The summed E-state index contributed by atoms with van der Waals surface area (Å²) < 4.78 is 26.6. The van der Waals surface area contributed by atoms with Crippen LogP contribution in [0.5, 0.6) is 5.75 Å². The molecule has 21 heavy (non-hydrogen) atoms.